The molecule has 0 unspecified atom stereocenters. The molecule has 0 aromatic carbocycles. The maximum Gasteiger partial charge on any atom is 0.320 e. The molecule has 0 spiro atoms. The second-order valence-corrected chi connectivity index (χ2v) is 4.44. The number of aromatic nitrogens is 2. The number of carbonyl (C=O) groups excluding carboxylic acids is 1. The van der Waals surface area contributed by atoms with Crippen LogP contribution in [0.1, 0.15) is 45.1 Å². The molecule has 2 N–H and O–H groups in total. The summed E-state index contributed by atoms with van der Waals surface area (Å²) in [5.74, 6) is 0.794. The van der Waals surface area contributed by atoms with Crippen molar-refractivity contribution in [2.24, 2.45) is 0 Å². The van der Waals surface area contributed by atoms with E-state index >= 15 is 0 Å². The van der Waals surface area contributed by atoms with E-state index in [4.69, 9.17) is 0 Å². The predicted molar refractivity (Wildman–Crippen MR) is 67.0 cm³/mol. The molecule has 0 radical (unpaired) electrons. The fourth-order valence-electron chi connectivity index (χ4n) is 2.35. The maximum absolute atomic E-state index is 11.5. The third-order valence-corrected chi connectivity index (χ3v) is 3.17. The van der Waals surface area contributed by atoms with Crippen LogP contribution in [-0.4, -0.2) is 22.4 Å². The number of nitrogens with one attached hydrogen (secondary N) is 2. The Bertz CT molecular complexity index is 368. The highest BCUT2D eigenvalue weighted by Crippen LogP contribution is 2.29. The van der Waals surface area contributed by atoms with E-state index in [0.717, 1.165) is 18.7 Å². The molecule has 1 heterocycles. The standard InChI is InChI=1S/C12H20N4O/c1-2-13-12(17)15-11-8-9-14-16(11)10-6-4-3-5-7-10/h8-10H,2-7H2,1H3,(H2,13,15,17). The summed E-state index contributed by atoms with van der Waals surface area (Å²) in [6, 6.07) is 2.13. The van der Waals surface area contributed by atoms with Gasteiger partial charge in [0.1, 0.15) is 5.82 Å². The van der Waals surface area contributed by atoms with Crippen LogP contribution in [0.5, 0.6) is 0 Å². The molecular weight excluding hydrogens is 216 g/mol. The van der Waals surface area contributed by atoms with Crippen molar-refractivity contribution >= 4 is 11.8 Å². The molecule has 1 aliphatic rings. The topological polar surface area (TPSA) is 59.0 Å². The highest BCUT2D eigenvalue weighted by atomic mass is 16.2. The molecule has 0 bridgehead atoms. The summed E-state index contributed by atoms with van der Waals surface area (Å²) >= 11 is 0. The van der Waals surface area contributed by atoms with Crippen molar-refractivity contribution < 1.29 is 4.79 Å². The Morgan fingerprint density at radius 1 is 1.47 bits per heavy atom. The van der Waals surface area contributed by atoms with Crippen molar-refractivity contribution in [3.05, 3.63) is 12.3 Å². The highest BCUT2D eigenvalue weighted by Gasteiger charge is 2.18. The predicted octanol–water partition coefficient (Wildman–Crippen LogP) is 2.53. The van der Waals surface area contributed by atoms with Gasteiger partial charge >= 0.3 is 6.03 Å². The number of hydrogen-bond donors (Lipinski definition) is 2. The number of urea groups is 1. The van der Waals surface area contributed by atoms with Gasteiger partial charge in [0.25, 0.3) is 0 Å². The van der Waals surface area contributed by atoms with Gasteiger partial charge in [-0.2, -0.15) is 5.10 Å². The first-order chi connectivity index (χ1) is 8.31. The van der Waals surface area contributed by atoms with Crippen molar-refractivity contribution in [1.29, 1.82) is 0 Å². The van der Waals surface area contributed by atoms with E-state index in [2.05, 4.69) is 15.7 Å². The van der Waals surface area contributed by atoms with Crippen LogP contribution in [0.15, 0.2) is 12.3 Å². The number of anilines is 1. The van der Waals surface area contributed by atoms with E-state index in [1.165, 1.54) is 19.3 Å². The third kappa shape index (κ3) is 2.99. The Labute approximate surface area is 102 Å². The number of nitrogens with zero attached hydrogens (tertiary/aromatic N) is 2. The third-order valence-electron chi connectivity index (χ3n) is 3.17. The first-order valence-corrected chi connectivity index (χ1v) is 6.39. The molecule has 2 rings (SSSR count). The Kier molecular flexibility index (Phi) is 4.01. The minimum atomic E-state index is -0.162. The van der Waals surface area contributed by atoms with E-state index < -0.39 is 0 Å². The number of carbonyl (C=O) groups is 1. The van der Waals surface area contributed by atoms with Gasteiger partial charge in [-0.25, -0.2) is 9.48 Å². The van der Waals surface area contributed by atoms with Crippen molar-refractivity contribution in [2.75, 3.05) is 11.9 Å². The largest absolute Gasteiger partial charge is 0.338 e. The SMILES string of the molecule is CCNC(=O)Nc1ccnn1C1CCCCC1. The maximum atomic E-state index is 11.5. The number of rotatable bonds is 3. The second-order valence-electron chi connectivity index (χ2n) is 4.44. The van der Waals surface area contributed by atoms with Gasteiger partial charge in [-0.3, -0.25) is 5.32 Å². The lowest BCUT2D eigenvalue weighted by atomic mass is 9.96. The zero-order valence-corrected chi connectivity index (χ0v) is 10.3. The first kappa shape index (κ1) is 12.0. The van der Waals surface area contributed by atoms with Gasteiger partial charge in [0.15, 0.2) is 0 Å². The Hall–Kier alpha value is -1.52. The zero-order valence-electron chi connectivity index (χ0n) is 10.3. The van der Waals surface area contributed by atoms with Gasteiger partial charge < -0.3 is 5.32 Å². The fraction of sp³-hybridized carbons (Fsp3) is 0.667. The molecule has 1 fully saturated rings. The summed E-state index contributed by atoms with van der Waals surface area (Å²) in [5, 5.41) is 9.89. The van der Waals surface area contributed by atoms with Crippen LogP contribution in [0.4, 0.5) is 10.6 Å². The summed E-state index contributed by atoms with van der Waals surface area (Å²) in [7, 11) is 0. The van der Waals surface area contributed by atoms with Crippen LogP contribution >= 0.6 is 0 Å². The molecule has 0 aliphatic heterocycles. The van der Waals surface area contributed by atoms with Crippen molar-refractivity contribution in [2.45, 2.75) is 45.1 Å². The van der Waals surface area contributed by atoms with Crippen molar-refractivity contribution in [1.82, 2.24) is 15.1 Å². The molecule has 1 aromatic heterocycles. The van der Waals surface area contributed by atoms with Crippen LogP contribution < -0.4 is 10.6 Å². The second kappa shape index (κ2) is 5.70. The number of hydrogen-bond acceptors (Lipinski definition) is 2. The van der Waals surface area contributed by atoms with Crippen LogP contribution in [0.25, 0.3) is 0 Å². The van der Waals surface area contributed by atoms with Crippen LogP contribution in [0, 0.1) is 0 Å². The average Bonchev–Trinajstić information content (AvgIpc) is 2.78. The summed E-state index contributed by atoms with van der Waals surface area (Å²) in [5.41, 5.74) is 0. The molecule has 5 heteroatoms. The lowest BCUT2D eigenvalue weighted by Gasteiger charge is -2.23. The quantitative estimate of drug-likeness (QED) is 0.847. The fourth-order valence-corrected chi connectivity index (χ4v) is 2.35. The molecule has 94 valence electrons. The van der Waals surface area contributed by atoms with Gasteiger partial charge in [-0.05, 0) is 19.8 Å². The molecule has 17 heavy (non-hydrogen) atoms. The van der Waals surface area contributed by atoms with Crippen LogP contribution in [0.3, 0.4) is 0 Å². The van der Waals surface area contributed by atoms with E-state index in [0.29, 0.717) is 12.6 Å². The average molecular weight is 236 g/mol. The lowest BCUT2D eigenvalue weighted by Crippen LogP contribution is -2.30. The normalized spacial score (nSPS) is 16.8. The smallest absolute Gasteiger partial charge is 0.320 e. The Morgan fingerprint density at radius 3 is 2.94 bits per heavy atom. The summed E-state index contributed by atoms with van der Waals surface area (Å²) in [6.07, 6.45) is 7.89. The molecular formula is C12H20N4O. The van der Waals surface area contributed by atoms with Crippen molar-refractivity contribution in [3.63, 3.8) is 0 Å². The van der Waals surface area contributed by atoms with Gasteiger partial charge in [-0.15, -0.1) is 0 Å². The summed E-state index contributed by atoms with van der Waals surface area (Å²) < 4.78 is 1.95. The zero-order chi connectivity index (χ0) is 12.1. The monoisotopic (exact) mass is 236 g/mol. The molecule has 2 amide bonds. The molecule has 0 atom stereocenters. The van der Waals surface area contributed by atoms with Gasteiger partial charge in [0, 0.05) is 12.6 Å². The molecule has 0 saturated heterocycles. The minimum Gasteiger partial charge on any atom is -0.338 e. The minimum absolute atomic E-state index is 0.162. The Balaban J connectivity index is 2.02. The summed E-state index contributed by atoms with van der Waals surface area (Å²) in [6.45, 7) is 2.53. The van der Waals surface area contributed by atoms with Crippen LogP contribution in [0.2, 0.25) is 0 Å². The molecule has 5 nitrogen and oxygen atoms in total. The van der Waals surface area contributed by atoms with E-state index in [9.17, 15) is 4.79 Å². The molecule has 1 aliphatic carbocycles. The molecule has 1 saturated carbocycles. The van der Waals surface area contributed by atoms with Gasteiger partial charge in [0.05, 0.1) is 12.2 Å². The van der Waals surface area contributed by atoms with E-state index in [1.807, 2.05) is 17.7 Å². The van der Waals surface area contributed by atoms with Gasteiger partial charge in [-0.1, -0.05) is 19.3 Å². The first-order valence-electron chi connectivity index (χ1n) is 6.39. The van der Waals surface area contributed by atoms with E-state index in [1.54, 1.807) is 6.20 Å². The van der Waals surface area contributed by atoms with Crippen molar-refractivity contribution in [3.8, 4) is 0 Å². The number of amides is 2. The van der Waals surface area contributed by atoms with Crippen LogP contribution in [-0.2, 0) is 0 Å². The Morgan fingerprint density at radius 2 is 2.24 bits per heavy atom. The lowest BCUT2D eigenvalue weighted by molar-refractivity contribution is 0.252. The molecule has 1 aromatic rings. The van der Waals surface area contributed by atoms with Gasteiger partial charge in [0.2, 0.25) is 0 Å². The highest BCUT2D eigenvalue weighted by molar-refractivity contribution is 5.88. The van der Waals surface area contributed by atoms with E-state index in [-0.39, 0.29) is 6.03 Å². The summed E-state index contributed by atoms with van der Waals surface area (Å²) in [4.78, 5) is 11.5.